The number of halogens is 2. The summed E-state index contributed by atoms with van der Waals surface area (Å²) < 4.78 is 18.7. The minimum absolute atomic E-state index is 0.0274. The van der Waals surface area contributed by atoms with E-state index < -0.39 is 23.3 Å². The molecule has 0 aromatic heterocycles. The lowest BCUT2D eigenvalue weighted by Crippen LogP contribution is -2.24. The van der Waals surface area contributed by atoms with Gasteiger partial charge < -0.3 is 4.74 Å². The third kappa shape index (κ3) is 4.98. The minimum atomic E-state index is -0.668. The Bertz CT molecular complexity index is 822. The van der Waals surface area contributed by atoms with Gasteiger partial charge in [0.05, 0.1) is 16.2 Å². The molecule has 2 rings (SSSR count). The molecular weight excluding hydrogens is 353 g/mol. The topological polar surface area (TPSA) is 93.8 Å². The molecule has 0 fully saturated rings. The van der Waals surface area contributed by atoms with Crippen LogP contribution in [0.25, 0.3) is 0 Å². The molecule has 0 aliphatic carbocycles. The SMILES string of the molecule is Cc1ccc(OCC(=O)N/N=C\c2c(F)cccc2Cl)c([N+](=O)[O-])c1. The summed E-state index contributed by atoms with van der Waals surface area (Å²) >= 11 is 5.81. The number of carbonyl (C=O) groups excluding carboxylic acids is 1. The first-order valence-corrected chi connectivity index (χ1v) is 7.40. The number of rotatable bonds is 6. The van der Waals surface area contributed by atoms with Crippen LogP contribution in [0.5, 0.6) is 5.75 Å². The minimum Gasteiger partial charge on any atom is -0.477 e. The van der Waals surface area contributed by atoms with Crippen molar-refractivity contribution in [2.75, 3.05) is 6.61 Å². The number of hydrogen-bond acceptors (Lipinski definition) is 5. The van der Waals surface area contributed by atoms with Crippen molar-refractivity contribution in [2.24, 2.45) is 5.10 Å². The first-order chi connectivity index (χ1) is 11.9. The highest BCUT2D eigenvalue weighted by atomic mass is 35.5. The molecule has 2 aromatic rings. The van der Waals surface area contributed by atoms with Gasteiger partial charge >= 0.3 is 5.69 Å². The largest absolute Gasteiger partial charge is 0.477 e. The number of amides is 1. The number of hydrogen-bond donors (Lipinski definition) is 1. The predicted molar refractivity (Wildman–Crippen MR) is 90.5 cm³/mol. The van der Waals surface area contributed by atoms with E-state index in [2.05, 4.69) is 10.5 Å². The number of hydrazone groups is 1. The Morgan fingerprint density at radius 1 is 1.44 bits per heavy atom. The van der Waals surface area contributed by atoms with Crippen molar-refractivity contribution >= 4 is 29.4 Å². The summed E-state index contributed by atoms with van der Waals surface area (Å²) in [5, 5.41) is 14.7. The van der Waals surface area contributed by atoms with Crippen LogP contribution in [0.4, 0.5) is 10.1 Å². The number of ether oxygens (including phenoxy) is 1. The van der Waals surface area contributed by atoms with Crippen molar-refractivity contribution in [1.82, 2.24) is 5.43 Å². The molecule has 0 spiro atoms. The van der Waals surface area contributed by atoms with Crippen molar-refractivity contribution in [3.63, 3.8) is 0 Å². The molecule has 0 bridgehead atoms. The average molecular weight is 366 g/mol. The van der Waals surface area contributed by atoms with E-state index >= 15 is 0 Å². The van der Waals surface area contributed by atoms with Crippen LogP contribution in [0.1, 0.15) is 11.1 Å². The highest BCUT2D eigenvalue weighted by molar-refractivity contribution is 6.33. The van der Waals surface area contributed by atoms with Gasteiger partial charge in [-0.15, -0.1) is 0 Å². The van der Waals surface area contributed by atoms with Crippen LogP contribution in [-0.4, -0.2) is 23.7 Å². The number of carbonyl (C=O) groups is 1. The molecule has 2 aromatic carbocycles. The van der Waals surface area contributed by atoms with Gasteiger partial charge in [-0.25, -0.2) is 9.82 Å². The molecule has 25 heavy (non-hydrogen) atoms. The number of nitrogens with zero attached hydrogens (tertiary/aromatic N) is 2. The third-order valence-corrected chi connectivity index (χ3v) is 3.38. The second-order valence-corrected chi connectivity index (χ2v) is 5.35. The number of aryl methyl sites for hydroxylation is 1. The number of nitro benzene ring substituents is 1. The maximum Gasteiger partial charge on any atom is 0.311 e. The maximum atomic E-state index is 13.5. The van der Waals surface area contributed by atoms with Gasteiger partial charge in [-0.2, -0.15) is 5.10 Å². The van der Waals surface area contributed by atoms with Crippen molar-refractivity contribution in [3.8, 4) is 5.75 Å². The lowest BCUT2D eigenvalue weighted by Gasteiger charge is -2.06. The number of nitrogens with one attached hydrogen (secondary N) is 1. The zero-order valence-electron chi connectivity index (χ0n) is 13.0. The third-order valence-electron chi connectivity index (χ3n) is 3.05. The quantitative estimate of drug-likeness (QED) is 0.483. The molecule has 0 heterocycles. The van der Waals surface area contributed by atoms with E-state index in [4.69, 9.17) is 16.3 Å². The highest BCUT2D eigenvalue weighted by Crippen LogP contribution is 2.27. The molecule has 0 aliphatic heterocycles. The second kappa shape index (κ2) is 8.20. The van der Waals surface area contributed by atoms with Gasteiger partial charge in [-0.1, -0.05) is 23.7 Å². The van der Waals surface area contributed by atoms with Crippen LogP contribution in [0.2, 0.25) is 5.02 Å². The van der Waals surface area contributed by atoms with Gasteiger partial charge in [0.25, 0.3) is 5.91 Å². The molecule has 0 radical (unpaired) electrons. The predicted octanol–water partition coefficient (Wildman–Crippen LogP) is 3.22. The molecular formula is C16H13ClFN3O4. The lowest BCUT2D eigenvalue weighted by atomic mass is 10.2. The van der Waals surface area contributed by atoms with Crippen LogP contribution < -0.4 is 10.2 Å². The number of nitro groups is 1. The number of benzene rings is 2. The first kappa shape index (κ1) is 18.3. The standard InChI is InChI=1S/C16H13ClFN3O4/c1-10-5-6-15(14(7-10)21(23)24)25-9-16(22)20-19-8-11-12(17)3-2-4-13(11)18/h2-8H,9H2,1H3,(H,20,22)/b19-8-. The van der Waals surface area contributed by atoms with Crippen molar-refractivity contribution < 1.29 is 18.8 Å². The van der Waals surface area contributed by atoms with Crippen molar-refractivity contribution in [3.05, 3.63) is 68.5 Å². The van der Waals surface area contributed by atoms with Gasteiger partial charge in [-0.3, -0.25) is 14.9 Å². The van der Waals surface area contributed by atoms with Gasteiger partial charge in [0.15, 0.2) is 12.4 Å². The smallest absolute Gasteiger partial charge is 0.311 e. The van der Waals surface area contributed by atoms with Crippen LogP contribution >= 0.6 is 11.6 Å². The summed E-state index contributed by atoms with van der Waals surface area (Å²) in [6, 6.07) is 8.49. The average Bonchev–Trinajstić information content (AvgIpc) is 2.56. The molecule has 7 nitrogen and oxygen atoms in total. The van der Waals surface area contributed by atoms with Crippen LogP contribution in [-0.2, 0) is 4.79 Å². The van der Waals surface area contributed by atoms with Gasteiger partial charge in [0, 0.05) is 11.6 Å². The fraction of sp³-hybridized carbons (Fsp3) is 0.125. The van der Waals surface area contributed by atoms with E-state index in [0.29, 0.717) is 5.56 Å². The summed E-state index contributed by atoms with van der Waals surface area (Å²) in [6.45, 7) is 1.21. The van der Waals surface area contributed by atoms with E-state index in [1.807, 2.05) is 0 Å². The van der Waals surface area contributed by atoms with E-state index in [1.165, 1.54) is 30.3 Å². The van der Waals surface area contributed by atoms with E-state index in [1.54, 1.807) is 13.0 Å². The second-order valence-electron chi connectivity index (χ2n) is 4.95. The Labute approximate surface area is 147 Å². The summed E-state index contributed by atoms with van der Waals surface area (Å²) in [4.78, 5) is 22.0. The van der Waals surface area contributed by atoms with E-state index in [9.17, 15) is 19.3 Å². The summed E-state index contributed by atoms with van der Waals surface area (Å²) in [5.74, 6) is -1.29. The van der Waals surface area contributed by atoms with Crippen LogP contribution in [0.3, 0.4) is 0 Å². The molecule has 0 atom stereocenters. The highest BCUT2D eigenvalue weighted by Gasteiger charge is 2.16. The molecule has 0 saturated carbocycles. The molecule has 130 valence electrons. The monoisotopic (exact) mass is 365 g/mol. The summed E-state index contributed by atoms with van der Waals surface area (Å²) in [7, 11) is 0. The molecule has 9 heteroatoms. The molecule has 0 saturated heterocycles. The molecule has 1 N–H and O–H groups in total. The van der Waals surface area contributed by atoms with Crippen molar-refractivity contribution in [2.45, 2.75) is 6.92 Å². The Kier molecular flexibility index (Phi) is 6.02. The fourth-order valence-corrected chi connectivity index (χ4v) is 2.08. The van der Waals surface area contributed by atoms with Gasteiger partial charge in [0.2, 0.25) is 0 Å². The van der Waals surface area contributed by atoms with Crippen LogP contribution in [0, 0.1) is 22.9 Å². The lowest BCUT2D eigenvalue weighted by molar-refractivity contribution is -0.385. The van der Waals surface area contributed by atoms with Gasteiger partial charge in [-0.05, 0) is 30.7 Å². The molecule has 1 amide bonds. The summed E-state index contributed by atoms with van der Waals surface area (Å²) in [6.07, 6.45) is 1.06. The van der Waals surface area contributed by atoms with E-state index in [-0.39, 0.29) is 22.0 Å². The first-order valence-electron chi connectivity index (χ1n) is 7.02. The van der Waals surface area contributed by atoms with Crippen LogP contribution in [0.15, 0.2) is 41.5 Å². The van der Waals surface area contributed by atoms with Gasteiger partial charge in [0.1, 0.15) is 5.82 Å². The van der Waals surface area contributed by atoms with Crippen molar-refractivity contribution in [1.29, 1.82) is 0 Å². The fourth-order valence-electron chi connectivity index (χ4n) is 1.87. The molecule has 0 unspecified atom stereocenters. The normalized spacial score (nSPS) is 10.7. The van der Waals surface area contributed by atoms with E-state index in [0.717, 1.165) is 6.21 Å². The zero-order chi connectivity index (χ0) is 18.4. The Morgan fingerprint density at radius 2 is 2.20 bits per heavy atom. The Hall–Kier alpha value is -3.00. The Morgan fingerprint density at radius 3 is 2.88 bits per heavy atom. The maximum absolute atomic E-state index is 13.5. The summed E-state index contributed by atoms with van der Waals surface area (Å²) in [5.41, 5.74) is 2.60. The Balaban J connectivity index is 1.96. The molecule has 0 aliphatic rings. The zero-order valence-corrected chi connectivity index (χ0v) is 13.8.